The molecule has 18 heavy (non-hydrogen) atoms. The SMILES string of the molecule is CCCCCCCCCC(=O)O.c1cnccn1. The van der Waals surface area contributed by atoms with Crippen molar-refractivity contribution in [3.63, 3.8) is 0 Å². The Bertz CT molecular complexity index is 252. The molecule has 0 fully saturated rings. The van der Waals surface area contributed by atoms with Crippen LogP contribution in [0.15, 0.2) is 24.8 Å². The first-order valence-electron chi connectivity index (χ1n) is 6.69. The highest BCUT2D eigenvalue weighted by Crippen LogP contribution is 2.07. The second-order valence-corrected chi connectivity index (χ2v) is 4.16. The van der Waals surface area contributed by atoms with E-state index in [9.17, 15) is 4.79 Å². The monoisotopic (exact) mass is 252 g/mol. The Labute approximate surface area is 109 Å². The lowest BCUT2D eigenvalue weighted by molar-refractivity contribution is -0.137. The average molecular weight is 252 g/mol. The normalized spacial score (nSPS) is 9.39. The molecule has 0 saturated heterocycles. The lowest BCUT2D eigenvalue weighted by atomic mass is 10.1. The van der Waals surface area contributed by atoms with Gasteiger partial charge < -0.3 is 5.11 Å². The van der Waals surface area contributed by atoms with Crippen molar-refractivity contribution >= 4 is 5.97 Å². The molecule has 1 aromatic heterocycles. The molecule has 0 aliphatic heterocycles. The van der Waals surface area contributed by atoms with Gasteiger partial charge in [-0.15, -0.1) is 0 Å². The van der Waals surface area contributed by atoms with E-state index in [0.717, 1.165) is 12.8 Å². The predicted octanol–water partition coefficient (Wildman–Crippen LogP) is 3.69. The first kappa shape index (κ1) is 16.6. The Hall–Kier alpha value is -1.45. The molecule has 0 spiro atoms. The van der Waals surface area contributed by atoms with Gasteiger partial charge in [-0.05, 0) is 6.42 Å². The zero-order chi connectivity index (χ0) is 13.5. The van der Waals surface area contributed by atoms with E-state index in [4.69, 9.17) is 5.11 Å². The lowest BCUT2D eigenvalue weighted by Crippen LogP contribution is -1.93. The van der Waals surface area contributed by atoms with E-state index >= 15 is 0 Å². The van der Waals surface area contributed by atoms with Gasteiger partial charge in [-0.25, -0.2) is 0 Å². The molecular weight excluding hydrogens is 228 g/mol. The molecule has 1 rings (SSSR count). The zero-order valence-corrected chi connectivity index (χ0v) is 11.2. The molecule has 0 bridgehead atoms. The molecule has 102 valence electrons. The Kier molecular flexibility index (Phi) is 12.5. The van der Waals surface area contributed by atoms with Crippen LogP contribution in [0.2, 0.25) is 0 Å². The number of aromatic nitrogens is 2. The highest BCUT2D eigenvalue weighted by atomic mass is 16.4. The van der Waals surface area contributed by atoms with Gasteiger partial charge in [0.25, 0.3) is 0 Å². The van der Waals surface area contributed by atoms with Gasteiger partial charge in [0.05, 0.1) is 0 Å². The van der Waals surface area contributed by atoms with E-state index in [-0.39, 0.29) is 0 Å². The Morgan fingerprint density at radius 1 is 0.889 bits per heavy atom. The van der Waals surface area contributed by atoms with Crippen molar-refractivity contribution in [1.82, 2.24) is 9.97 Å². The van der Waals surface area contributed by atoms with Crippen molar-refractivity contribution in [1.29, 1.82) is 0 Å². The molecule has 0 radical (unpaired) electrons. The summed E-state index contributed by atoms with van der Waals surface area (Å²) < 4.78 is 0. The van der Waals surface area contributed by atoms with Crippen LogP contribution in [-0.4, -0.2) is 21.0 Å². The summed E-state index contributed by atoms with van der Waals surface area (Å²) in [5, 5.41) is 8.35. The third-order valence-corrected chi connectivity index (χ3v) is 2.47. The van der Waals surface area contributed by atoms with Crippen molar-refractivity contribution < 1.29 is 9.90 Å². The van der Waals surface area contributed by atoms with E-state index in [1.807, 2.05) is 0 Å². The molecule has 1 aromatic rings. The third-order valence-electron chi connectivity index (χ3n) is 2.47. The van der Waals surface area contributed by atoms with Gasteiger partial charge in [0.15, 0.2) is 0 Å². The van der Waals surface area contributed by atoms with E-state index in [1.165, 1.54) is 32.1 Å². The molecule has 4 heteroatoms. The van der Waals surface area contributed by atoms with Gasteiger partial charge in [0.1, 0.15) is 0 Å². The van der Waals surface area contributed by atoms with Crippen LogP contribution in [0.25, 0.3) is 0 Å². The summed E-state index contributed by atoms with van der Waals surface area (Å²) in [6.45, 7) is 2.20. The number of carbonyl (C=O) groups is 1. The van der Waals surface area contributed by atoms with E-state index < -0.39 is 5.97 Å². The molecular formula is C14H24N2O2. The van der Waals surface area contributed by atoms with Crippen LogP contribution in [0.4, 0.5) is 0 Å². The minimum atomic E-state index is -0.663. The minimum Gasteiger partial charge on any atom is -0.481 e. The Morgan fingerprint density at radius 2 is 1.33 bits per heavy atom. The van der Waals surface area contributed by atoms with Gasteiger partial charge in [-0.3, -0.25) is 14.8 Å². The highest BCUT2D eigenvalue weighted by molar-refractivity contribution is 5.66. The van der Waals surface area contributed by atoms with Crippen LogP contribution >= 0.6 is 0 Å². The number of nitrogens with zero attached hydrogens (tertiary/aromatic N) is 2. The van der Waals surface area contributed by atoms with Crippen LogP contribution in [0.5, 0.6) is 0 Å². The van der Waals surface area contributed by atoms with Crippen LogP contribution < -0.4 is 0 Å². The highest BCUT2D eigenvalue weighted by Gasteiger charge is 1.95. The Morgan fingerprint density at radius 3 is 1.72 bits per heavy atom. The van der Waals surface area contributed by atoms with Crippen molar-refractivity contribution in [3.8, 4) is 0 Å². The summed E-state index contributed by atoms with van der Waals surface area (Å²) in [4.78, 5) is 17.6. The zero-order valence-electron chi connectivity index (χ0n) is 11.2. The number of rotatable bonds is 8. The van der Waals surface area contributed by atoms with Gasteiger partial charge in [0, 0.05) is 31.2 Å². The third kappa shape index (κ3) is 14.6. The lowest BCUT2D eigenvalue weighted by Gasteiger charge is -1.98. The number of aliphatic carboxylic acids is 1. The summed E-state index contributed by atoms with van der Waals surface area (Å²) in [6.07, 6.45) is 15.2. The number of hydrogen-bond acceptors (Lipinski definition) is 3. The quantitative estimate of drug-likeness (QED) is 0.717. The molecule has 4 nitrogen and oxygen atoms in total. The van der Waals surface area contributed by atoms with Crippen LogP contribution in [0, 0.1) is 0 Å². The second-order valence-electron chi connectivity index (χ2n) is 4.16. The number of unbranched alkanes of at least 4 members (excludes halogenated alkanes) is 6. The standard InChI is InChI=1S/C10H20O2.C4H4N2/c1-2-3-4-5-6-7-8-9-10(11)12;1-2-6-4-3-5-1/h2-9H2,1H3,(H,11,12);1-4H. The van der Waals surface area contributed by atoms with Crippen molar-refractivity contribution in [2.24, 2.45) is 0 Å². The number of carboxylic acid groups (broad SMARTS) is 1. The maximum absolute atomic E-state index is 10.1. The molecule has 1 heterocycles. The van der Waals surface area contributed by atoms with Crippen molar-refractivity contribution in [2.75, 3.05) is 0 Å². The largest absolute Gasteiger partial charge is 0.481 e. The van der Waals surface area contributed by atoms with Gasteiger partial charge in [0.2, 0.25) is 0 Å². The van der Waals surface area contributed by atoms with Crippen LogP contribution in [0.3, 0.4) is 0 Å². The maximum atomic E-state index is 10.1. The first-order valence-corrected chi connectivity index (χ1v) is 6.69. The molecule has 0 atom stereocenters. The predicted molar refractivity (Wildman–Crippen MR) is 72.3 cm³/mol. The number of carboxylic acids is 1. The molecule has 0 unspecified atom stereocenters. The van der Waals surface area contributed by atoms with E-state index in [0.29, 0.717) is 6.42 Å². The smallest absolute Gasteiger partial charge is 0.303 e. The summed E-state index contributed by atoms with van der Waals surface area (Å²) in [5.41, 5.74) is 0. The summed E-state index contributed by atoms with van der Waals surface area (Å²) in [7, 11) is 0. The molecule has 0 aromatic carbocycles. The minimum absolute atomic E-state index is 0.341. The number of hydrogen-bond donors (Lipinski definition) is 1. The molecule has 0 saturated carbocycles. The fraction of sp³-hybridized carbons (Fsp3) is 0.643. The van der Waals surface area contributed by atoms with E-state index in [2.05, 4.69) is 16.9 Å². The fourth-order valence-electron chi connectivity index (χ4n) is 1.49. The average Bonchev–Trinajstić information content (AvgIpc) is 2.40. The molecule has 0 aliphatic rings. The van der Waals surface area contributed by atoms with E-state index in [1.54, 1.807) is 24.8 Å². The second kappa shape index (κ2) is 13.6. The van der Waals surface area contributed by atoms with Crippen molar-refractivity contribution in [3.05, 3.63) is 24.8 Å². The maximum Gasteiger partial charge on any atom is 0.303 e. The Balaban J connectivity index is 0.000000397. The summed E-state index contributed by atoms with van der Waals surface area (Å²) >= 11 is 0. The molecule has 0 aliphatic carbocycles. The van der Waals surface area contributed by atoms with Gasteiger partial charge in [-0.2, -0.15) is 0 Å². The topological polar surface area (TPSA) is 63.1 Å². The first-order chi connectivity index (χ1) is 8.77. The van der Waals surface area contributed by atoms with Crippen LogP contribution in [-0.2, 0) is 4.79 Å². The summed E-state index contributed by atoms with van der Waals surface area (Å²) in [5.74, 6) is -0.663. The molecule has 1 N–H and O–H groups in total. The van der Waals surface area contributed by atoms with Crippen molar-refractivity contribution in [2.45, 2.75) is 58.3 Å². The summed E-state index contributed by atoms with van der Waals surface area (Å²) in [6, 6.07) is 0. The van der Waals surface area contributed by atoms with Crippen LogP contribution in [0.1, 0.15) is 58.3 Å². The molecule has 0 amide bonds. The van der Waals surface area contributed by atoms with Gasteiger partial charge >= 0.3 is 5.97 Å². The fourth-order valence-corrected chi connectivity index (χ4v) is 1.49. The van der Waals surface area contributed by atoms with Gasteiger partial charge in [-0.1, -0.05) is 45.4 Å².